The summed E-state index contributed by atoms with van der Waals surface area (Å²) in [6.45, 7) is 0.793. The highest BCUT2D eigenvalue weighted by molar-refractivity contribution is 7.10. The maximum absolute atomic E-state index is 13.6. The highest BCUT2D eigenvalue weighted by atomic mass is 32.1. The minimum absolute atomic E-state index is 0.0838. The average molecular weight is 437 g/mol. The molecule has 0 saturated carbocycles. The minimum Gasteiger partial charge on any atom is -0.497 e. The number of hydrogen-bond acceptors (Lipinski definition) is 5. The summed E-state index contributed by atoms with van der Waals surface area (Å²) >= 11 is 1.54. The Morgan fingerprint density at radius 3 is 2.52 bits per heavy atom. The second kappa shape index (κ2) is 9.32. The minimum atomic E-state index is -0.550. The number of nitrogens with zero attached hydrogens (tertiary/aromatic N) is 1. The van der Waals surface area contributed by atoms with Gasteiger partial charge >= 0.3 is 0 Å². The Balaban J connectivity index is 1.76. The van der Waals surface area contributed by atoms with Gasteiger partial charge in [-0.25, -0.2) is 0 Å². The molecule has 1 aliphatic heterocycles. The van der Waals surface area contributed by atoms with Crippen LogP contribution in [0.3, 0.4) is 0 Å². The first-order valence-electron chi connectivity index (χ1n) is 10.0. The van der Waals surface area contributed by atoms with Gasteiger partial charge in [-0.15, -0.1) is 11.3 Å². The number of hydrogen-bond donors (Lipinski definition) is 1. The van der Waals surface area contributed by atoms with Crippen molar-refractivity contribution in [1.82, 2.24) is 4.90 Å². The van der Waals surface area contributed by atoms with Gasteiger partial charge in [0, 0.05) is 29.8 Å². The first-order valence-corrected chi connectivity index (χ1v) is 10.9. The van der Waals surface area contributed by atoms with Gasteiger partial charge < -0.3 is 19.7 Å². The molecule has 0 unspecified atom stereocenters. The fraction of sp³-hybridized carbons (Fsp3) is 0.250. The number of thiophene rings is 1. The van der Waals surface area contributed by atoms with Gasteiger partial charge in [-0.1, -0.05) is 24.3 Å². The number of benzene rings is 2. The van der Waals surface area contributed by atoms with Gasteiger partial charge in [0.15, 0.2) is 0 Å². The summed E-state index contributed by atoms with van der Waals surface area (Å²) in [5.41, 5.74) is 1.97. The lowest BCUT2D eigenvalue weighted by Gasteiger charge is -2.41. The van der Waals surface area contributed by atoms with Crippen LogP contribution in [-0.4, -0.2) is 44.1 Å². The summed E-state index contributed by atoms with van der Waals surface area (Å²) in [4.78, 5) is 29.7. The molecule has 2 amide bonds. The number of rotatable bonds is 7. The highest BCUT2D eigenvalue weighted by Gasteiger charge is 2.44. The zero-order valence-corrected chi connectivity index (χ0v) is 18.2. The first-order chi connectivity index (χ1) is 15.1. The van der Waals surface area contributed by atoms with Crippen LogP contribution in [-0.2, 0) is 9.53 Å². The van der Waals surface area contributed by atoms with Crippen LogP contribution in [0, 0.1) is 0 Å². The summed E-state index contributed by atoms with van der Waals surface area (Å²) in [5.74, 6) is -0.0780. The van der Waals surface area contributed by atoms with Crippen LogP contribution in [0.25, 0.3) is 0 Å². The number of amides is 2. The lowest BCUT2D eigenvalue weighted by atomic mass is 9.81. The molecule has 160 valence electrons. The standard InChI is InChI=1S/C24H24N2O4S/c1-29-14-13-26-22(20-8-5-15-31-20)21(18-6-3-4-7-19(18)24(26)28)23(27)25-16-9-11-17(30-2)12-10-16/h3-12,15,21-22H,13-14H2,1-2H3,(H,25,27)/t21-,22+/m1/s1. The largest absolute Gasteiger partial charge is 0.497 e. The second-order valence-electron chi connectivity index (χ2n) is 7.23. The molecule has 2 heterocycles. The SMILES string of the molecule is COCCN1C(=O)c2ccccc2[C@@H](C(=O)Nc2ccc(OC)cc2)[C@@H]1c1cccs1. The fourth-order valence-corrected chi connectivity index (χ4v) is 4.85. The van der Waals surface area contributed by atoms with Crippen LogP contribution < -0.4 is 10.1 Å². The van der Waals surface area contributed by atoms with Gasteiger partial charge in [0.2, 0.25) is 5.91 Å². The molecular weight excluding hydrogens is 412 g/mol. The number of anilines is 1. The summed E-state index contributed by atoms with van der Waals surface area (Å²) in [5, 5.41) is 4.99. The Hall–Kier alpha value is -3.16. The van der Waals surface area contributed by atoms with Crippen molar-refractivity contribution in [3.63, 3.8) is 0 Å². The number of carbonyl (C=O) groups excluding carboxylic acids is 2. The van der Waals surface area contributed by atoms with Crippen molar-refractivity contribution in [1.29, 1.82) is 0 Å². The molecule has 1 aliphatic rings. The summed E-state index contributed by atoms with van der Waals surface area (Å²) in [6.07, 6.45) is 0. The predicted octanol–water partition coefficient (Wildman–Crippen LogP) is 4.32. The number of methoxy groups -OCH3 is 2. The summed E-state index contributed by atoms with van der Waals surface area (Å²) in [7, 11) is 3.21. The third-order valence-corrected chi connectivity index (χ3v) is 6.39. The van der Waals surface area contributed by atoms with Gasteiger partial charge in [-0.3, -0.25) is 9.59 Å². The molecule has 0 radical (unpaired) electrons. The molecule has 1 aromatic heterocycles. The van der Waals surface area contributed by atoms with E-state index in [1.807, 2.05) is 35.7 Å². The Labute approximate surface area is 185 Å². The van der Waals surface area contributed by atoms with E-state index in [1.165, 1.54) is 0 Å². The van der Waals surface area contributed by atoms with Crippen molar-refractivity contribution >= 4 is 28.8 Å². The molecule has 0 aliphatic carbocycles. The highest BCUT2D eigenvalue weighted by Crippen LogP contribution is 2.44. The molecule has 1 N–H and O–H groups in total. The van der Waals surface area contributed by atoms with Crippen molar-refractivity contribution in [3.8, 4) is 5.75 Å². The normalized spacial score (nSPS) is 17.9. The van der Waals surface area contributed by atoms with E-state index in [0.29, 0.717) is 30.2 Å². The molecule has 3 aromatic rings. The van der Waals surface area contributed by atoms with Crippen LogP contribution >= 0.6 is 11.3 Å². The van der Waals surface area contributed by atoms with Gasteiger partial charge in [0.1, 0.15) is 5.75 Å². The molecule has 6 nitrogen and oxygen atoms in total. The fourth-order valence-electron chi connectivity index (χ4n) is 3.98. The molecule has 31 heavy (non-hydrogen) atoms. The second-order valence-corrected chi connectivity index (χ2v) is 8.21. The predicted molar refractivity (Wildman–Crippen MR) is 121 cm³/mol. The number of fused-ring (bicyclic) bond motifs is 1. The topological polar surface area (TPSA) is 67.9 Å². The van der Waals surface area contributed by atoms with Crippen molar-refractivity contribution < 1.29 is 19.1 Å². The van der Waals surface area contributed by atoms with E-state index in [2.05, 4.69) is 5.32 Å². The summed E-state index contributed by atoms with van der Waals surface area (Å²) < 4.78 is 10.5. The van der Waals surface area contributed by atoms with Crippen LogP contribution in [0.15, 0.2) is 66.0 Å². The van der Waals surface area contributed by atoms with E-state index in [-0.39, 0.29) is 11.8 Å². The number of nitrogens with one attached hydrogen (secondary N) is 1. The van der Waals surface area contributed by atoms with E-state index in [1.54, 1.807) is 60.8 Å². The molecule has 0 fully saturated rings. The van der Waals surface area contributed by atoms with Crippen molar-refractivity contribution in [3.05, 3.63) is 82.0 Å². The van der Waals surface area contributed by atoms with E-state index in [0.717, 1.165) is 10.4 Å². The molecule has 2 aromatic carbocycles. The third-order valence-electron chi connectivity index (χ3n) is 5.45. The van der Waals surface area contributed by atoms with E-state index >= 15 is 0 Å². The Morgan fingerprint density at radius 1 is 1.06 bits per heavy atom. The van der Waals surface area contributed by atoms with E-state index in [4.69, 9.17) is 9.47 Å². The molecule has 0 saturated heterocycles. The molecular formula is C24H24N2O4S. The first kappa shape index (κ1) is 21.1. The average Bonchev–Trinajstić information content (AvgIpc) is 3.33. The maximum atomic E-state index is 13.6. The Kier molecular flexibility index (Phi) is 6.34. The van der Waals surface area contributed by atoms with Gasteiger partial charge in [0.25, 0.3) is 5.91 Å². The molecule has 4 rings (SSSR count). The monoisotopic (exact) mass is 436 g/mol. The van der Waals surface area contributed by atoms with Gasteiger partial charge in [0.05, 0.1) is 25.7 Å². The molecule has 0 spiro atoms. The molecule has 2 atom stereocenters. The smallest absolute Gasteiger partial charge is 0.254 e. The van der Waals surface area contributed by atoms with Gasteiger partial charge in [-0.2, -0.15) is 0 Å². The Morgan fingerprint density at radius 2 is 1.84 bits per heavy atom. The van der Waals surface area contributed by atoms with Crippen LogP contribution in [0.5, 0.6) is 5.75 Å². The maximum Gasteiger partial charge on any atom is 0.254 e. The third kappa shape index (κ3) is 4.19. The zero-order valence-electron chi connectivity index (χ0n) is 17.4. The lowest BCUT2D eigenvalue weighted by Crippen LogP contribution is -2.47. The molecule has 7 heteroatoms. The van der Waals surface area contributed by atoms with E-state index in [9.17, 15) is 9.59 Å². The van der Waals surface area contributed by atoms with Crippen LogP contribution in [0.1, 0.15) is 32.8 Å². The van der Waals surface area contributed by atoms with Gasteiger partial charge in [-0.05, 0) is 47.3 Å². The number of ether oxygens (including phenoxy) is 2. The zero-order chi connectivity index (χ0) is 21.8. The van der Waals surface area contributed by atoms with Crippen molar-refractivity contribution in [2.24, 2.45) is 0 Å². The Bertz CT molecular complexity index is 1050. The quantitative estimate of drug-likeness (QED) is 0.599. The molecule has 0 bridgehead atoms. The van der Waals surface area contributed by atoms with Crippen molar-refractivity contribution in [2.75, 3.05) is 32.7 Å². The van der Waals surface area contributed by atoms with Crippen LogP contribution in [0.2, 0.25) is 0 Å². The number of carbonyl (C=O) groups is 2. The van der Waals surface area contributed by atoms with Crippen molar-refractivity contribution in [2.45, 2.75) is 12.0 Å². The van der Waals surface area contributed by atoms with E-state index < -0.39 is 12.0 Å². The lowest BCUT2D eigenvalue weighted by molar-refractivity contribution is -0.119. The van der Waals surface area contributed by atoms with Crippen LogP contribution in [0.4, 0.5) is 5.69 Å². The summed E-state index contributed by atoms with van der Waals surface area (Å²) in [6, 6.07) is 18.1.